The highest BCUT2D eigenvalue weighted by Crippen LogP contribution is 2.27. The Morgan fingerprint density at radius 2 is 1.86 bits per heavy atom. The van der Waals surface area contributed by atoms with Crippen LogP contribution in [0.15, 0.2) is 59.1 Å². The smallest absolute Gasteiger partial charge is 0.252 e. The molecule has 1 amide bonds. The minimum absolute atomic E-state index is 0.149. The molecule has 0 bridgehead atoms. The van der Waals surface area contributed by atoms with Gasteiger partial charge in [0.1, 0.15) is 4.21 Å². The van der Waals surface area contributed by atoms with E-state index in [1.165, 1.54) is 15.6 Å². The van der Waals surface area contributed by atoms with Gasteiger partial charge in [-0.3, -0.25) is 4.79 Å². The SMILES string of the molecule is O=C(Cc1ccc(S(=O)(=O)N2CCCC2)s1)NCc1cnn(-c2ccccc2)c1. The summed E-state index contributed by atoms with van der Waals surface area (Å²) in [7, 11) is -3.42. The molecule has 9 heteroatoms. The van der Waals surface area contributed by atoms with E-state index in [0.29, 0.717) is 23.8 Å². The van der Waals surface area contributed by atoms with Crippen LogP contribution in [0.2, 0.25) is 0 Å². The van der Waals surface area contributed by atoms with Gasteiger partial charge in [0.25, 0.3) is 10.0 Å². The summed E-state index contributed by atoms with van der Waals surface area (Å²) in [5, 5.41) is 7.18. The summed E-state index contributed by atoms with van der Waals surface area (Å²) in [5.41, 5.74) is 1.85. The van der Waals surface area contributed by atoms with Crippen LogP contribution in [0.25, 0.3) is 5.69 Å². The fourth-order valence-corrected chi connectivity index (χ4v) is 6.27. The molecule has 1 fully saturated rings. The van der Waals surface area contributed by atoms with Gasteiger partial charge in [-0.25, -0.2) is 13.1 Å². The Hall–Kier alpha value is -2.49. The van der Waals surface area contributed by atoms with Crippen molar-refractivity contribution in [3.63, 3.8) is 0 Å². The number of carbonyl (C=O) groups is 1. The summed E-state index contributed by atoms with van der Waals surface area (Å²) in [6.07, 6.45) is 5.56. The Morgan fingerprint density at radius 1 is 1.10 bits per heavy atom. The number of aromatic nitrogens is 2. The van der Waals surface area contributed by atoms with Crippen LogP contribution in [-0.2, 0) is 27.8 Å². The van der Waals surface area contributed by atoms with Gasteiger partial charge in [0.2, 0.25) is 5.91 Å². The summed E-state index contributed by atoms with van der Waals surface area (Å²) in [6.45, 7) is 1.52. The topological polar surface area (TPSA) is 84.3 Å². The maximum absolute atomic E-state index is 12.6. The van der Waals surface area contributed by atoms with Crippen LogP contribution in [0.4, 0.5) is 0 Å². The number of nitrogens with zero attached hydrogens (tertiary/aromatic N) is 3. The van der Waals surface area contributed by atoms with E-state index in [1.807, 2.05) is 36.5 Å². The molecule has 1 saturated heterocycles. The molecule has 7 nitrogen and oxygen atoms in total. The van der Waals surface area contributed by atoms with Crippen LogP contribution in [0.1, 0.15) is 23.3 Å². The summed E-state index contributed by atoms with van der Waals surface area (Å²) in [6, 6.07) is 13.1. The molecular formula is C20H22N4O3S2. The van der Waals surface area contributed by atoms with Gasteiger partial charge in [-0.2, -0.15) is 9.40 Å². The maximum Gasteiger partial charge on any atom is 0.252 e. The number of rotatable bonds is 7. The molecule has 29 heavy (non-hydrogen) atoms. The van der Waals surface area contributed by atoms with Gasteiger partial charge in [0, 0.05) is 36.3 Å². The first-order chi connectivity index (χ1) is 14.0. The highest BCUT2D eigenvalue weighted by atomic mass is 32.2. The normalized spacial score (nSPS) is 14.9. The first-order valence-electron chi connectivity index (χ1n) is 9.47. The van der Waals surface area contributed by atoms with E-state index in [9.17, 15) is 13.2 Å². The van der Waals surface area contributed by atoms with Crippen LogP contribution >= 0.6 is 11.3 Å². The largest absolute Gasteiger partial charge is 0.352 e. The molecule has 0 radical (unpaired) electrons. The highest BCUT2D eigenvalue weighted by Gasteiger charge is 2.28. The second-order valence-corrected chi connectivity index (χ2v) is 10.2. The lowest BCUT2D eigenvalue weighted by Crippen LogP contribution is -2.27. The fourth-order valence-electron chi connectivity index (χ4n) is 3.24. The summed E-state index contributed by atoms with van der Waals surface area (Å²) < 4.78 is 28.8. The van der Waals surface area contributed by atoms with E-state index in [0.717, 1.165) is 29.0 Å². The van der Waals surface area contributed by atoms with Gasteiger partial charge in [0.05, 0.1) is 18.3 Å². The van der Waals surface area contributed by atoms with E-state index < -0.39 is 10.0 Å². The molecular weight excluding hydrogens is 408 g/mol. The molecule has 3 heterocycles. The third-order valence-corrected chi connectivity index (χ3v) is 8.23. The standard InChI is InChI=1S/C20H22N4O3S2/c25-19(21-13-16-14-22-24(15-16)17-6-2-1-3-7-17)12-18-8-9-20(28-18)29(26,27)23-10-4-5-11-23/h1-3,6-9,14-15H,4-5,10-13H2,(H,21,25). The predicted octanol–water partition coefficient (Wildman–Crippen LogP) is 2.58. The minimum Gasteiger partial charge on any atom is -0.352 e. The van der Waals surface area contributed by atoms with E-state index >= 15 is 0 Å². The van der Waals surface area contributed by atoms with Crippen LogP contribution in [0, 0.1) is 0 Å². The summed E-state index contributed by atoms with van der Waals surface area (Å²) in [5.74, 6) is -0.149. The molecule has 1 aromatic carbocycles. The third kappa shape index (κ3) is 4.58. The Labute approximate surface area is 174 Å². The van der Waals surface area contributed by atoms with Crippen LogP contribution in [0.3, 0.4) is 0 Å². The predicted molar refractivity (Wildman–Crippen MR) is 111 cm³/mol. The Balaban J connectivity index is 1.33. The molecule has 0 atom stereocenters. The molecule has 2 aromatic heterocycles. The second-order valence-electron chi connectivity index (χ2n) is 6.91. The van der Waals surface area contributed by atoms with Gasteiger partial charge in [-0.15, -0.1) is 11.3 Å². The summed E-state index contributed by atoms with van der Waals surface area (Å²) in [4.78, 5) is 13.0. The van der Waals surface area contributed by atoms with Crippen molar-refractivity contribution >= 4 is 27.3 Å². The molecule has 152 valence electrons. The summed E-state index contributed by atoms with van der Waals surface area (Å²) >= 11 is 1.17. The van der Waals surface area contributed by atoms with E-state index in [2.05, 4.69) is 10.4 Å². The number of sulfonamides is 1. The Bertz CT molecular complexity index is 1080. The number of hydrogen-bond donors (Lipinski definition) is 1. The number of hydrogen-bond acceptors (Lipinski definition) is 5. The zero-order valence-electron chi connectivity index (χ0n) is 15.8. The van der Waals surface area contributed by atoms with Crippen molar-refractivity contribution in [2.45, 2.75) is 30.0 Å². The molecule has 0 unspecified atom stereocenters. The molecule has 0 aliphatic carbocycles. The van der Waals surface area contributed by atoms with Gasteiger partial charge in [-0.1, -0.05) is 18.2 Å². The number of thiophene rings is 1. The molecule has 0 spiro atoms. The Kier molecular flexibility index (Phi) is 5.79. The number of benzene rings is 1. The number of carbonyl (C=O) groups excluding carboxylic acids is 1. The van der Waals surface area contributed by atoms with Crippen LogP contribution < -0.4 is 5.32 Å². The first-order valence-corrected chi connectivity index (χ1v) is 11.7. The first kappa shape index (κ1) is 19.8. The zero-order valence-corrected chi connectivity index (χ0v) is 17.5. The average molecular weight is 431 g/mol. The van der Waals surface area contributed by atoms with Crippen molar-refractivity contribution in [2.75, 3.05) is 13.1 Å². The van der Waals surface area contributed by atoms with Gasteiger partial charge >= 0.3 is 0 Å². The van der Waals surface area contributed by atoms with Crippen molar-refractivity contribution in [1.29, 1.82) is 0 Å². The van der Waals surface area contributed by atoms with Crippen molar-refractivity contribution in [3.05, 3.63) is 65.3 Å². The molecule has 1 aliphatic heterocycles. The third-order valence-electron chi connectivity index (χ3n) is 4.78. The van der Waals surface area contributed by atoms with Gasteiger partial charge in [-0.05, 0) is 37.1 Å². The van der Waals surface area contributed by atoms with Crippen molar-refractivity contribution in [2.24, 2.45) is 0 Å². The number of nitrogens with one attached hydrogen (secondary N) is 1. The molecule has 4 rings (SSSR count). The van der Waals surface area contributed by atoms with Gasteiger partial charge in [0.15, 0.2) is 0 Å². The lowest BCUT2D eigenvalue weighted by atomic mass is 10.3. The zero-order chi connectivity index (χ0) is 20.3. The number of para-hydroxylation sites is 1. The van der Waals surface area contributed by atoms with Crippen molar-refractivity contribution in [3.8, 4) is 5.69 Å². The molecule has 1 aliphatic rings. The molecule has 1 N–H and O–H groups in total. The van der Waals surface area contributed by atoms with Crippen molar-refractivity contribution < 1.29 is 13.2 Å². The highest BCUT2D eigenvalue weighted by molar-refractivity contribution is 7.91. The fraction of sp³-hybridized carbons (Fsp3) is 0.300. The van der Waals surface area contributed by atoms with E-state index in [4.69, 9.17) is 0 Å². The quantitative estimate of drug-likeness (QED) is 0.624. The van der Waals surface area contributed by atoms with E-state index in [1.54, 1.807) is 23.0 Å². The number of amides is 1. The molecule has 3 aromatic rings. The second kappa shape index (κ2) is 8.48. The van der Waals surface area contributed by atoms with Crippen LogP contribution in [-0.4, -0.2) is 41.5 Å². The monoisotopic (exact) mass is 430 g/mol. The average Bonchev–Trinajstić information content (AvgIpc) is 3.48. The Morgan fingerprint density at radius 3 is 2.62 bits per heavy atom. The van der Waals surface area contributed by atoms with Crippen LogP contribution in [0.5, 0.6) is 0 Å². The lowest BCUT2D eigenvalue weighted by Gasteiger charge is -2.13. The van der Waals surface area contributed by atoms with E-state index in [-0.39, 0.29) is 12.3 Å². The minimum atomic E-state index is -3.42. The molecule has 0 saturated carbocycles. The van der Waals surface area contributed by atoms with Gasteiger partial charge < -0.3 is 5.32 Å². The lowest BCUT2D eigenvalue weighted by molar-refractivity contribution is -0.120. The van der Waals surface area contributed by atoms with Crippen molar-refractivity contribution in [1.82, 2.24) is 19.4 Å². The maximum atomic E-state index is 12.6.